The Morgan fingerprint density at radius 1 is 1.22 bits per heavy atom. The van der Waals surface area contributed by atoms with Crippen molar-refractivity contribution >= 4 is 22.6 Å². The van der Waals surface area contributed by atoms with Crippen LogP contribution in [0.4, 0.5) is 19.0 Å². The lowest BCUT2D eigenvalue weighted by Crippen LogP contribution is -2.39. The standard InChI is InChI=1S/C26H23F3N6O2/c1-13-5-22(37-35-13)26(36)33-17-4-2-3-14(6-17)11-32-25-21(29)7-15(10-30)23(34-25)19-12-31-24-18(19)8-16(27)9-20(24)28/h5,7-9,12,14,17,31H,2-4,6,11H2,1H3,(H,32,34)(H,33,36)/t14-,17-/m1/s1. The number of nitrogens with one attached hydrogen (secondary N) is 3. The van der Waals surface area contributed by atoms with Gasteiger partial charge in [-0.25, -0.2) is 18.2 Å². The largest absolute Gasteiger partial charge is 0.367 e. The molecule has 1 amide bonds. The summed E-state index contributed by atoms with van der Waals surface area (Å²) in [4.78, 5) is 19.5. The van der Waals surface area contributed by atoms with E-state index >= 15 is 0 Å². The van der Waals surface area contributed by atoms with E-state index in [1.807, 2.05) is 6.07 Å². The highest BCUT2D eigenvalue weighted by Gasteiger charge is 2.26. The number of hydrogen-bond acceptors (Lipinski definition) is 6. The topological polar surface area (TPSA) is 120 Å². The zero-order valence-electron chi connectivity index (χ0n) is 19.9. The van der Waals surface area contributed by atoms with Gasteiger partial charge in [-0.1, -0.05) is 11.6 Å². The Morgan fingerprint density at radius 2 is 2.05 bits per heavy atom. The van der Waals surface area contributed by atoms with E-state index < -0.39 is 17.5 Å². The molecule has 190 valence electrons. The van der Waals surface area contributed by atoms with Gasteiger partial charge in [0.2, 0.25) is 5.76 Å². The van der Waals surface area contributed by atoms with Gasteiger partial charge in [-0.05, 0) is 44.2 Å². The van der Waals surface area contributed by atoms with E-state index in [-0.39, 0.29) is 57.2 Å². The number of amides is 1. The van der Waals surface area contributed by atoms with Crippen molar-refractivity contribution in [1.82, 2.24) is 20.4 Å². The summed E-state index contributed by atoms with van der Waals surface area (Å²) < 4.78 is 47.9. The number of halogens is 3. The van der Waals surface area contributed by atoms with Crippen molar-refractivity contribution in [2.75, 3.05) is 11.9 Å². The molecule has 4 aromatic rings. The number of carbonyl (C=O) groups excluding carboxylic acids is 1. The Bertz CT molecular complexity index is 1520. The van der Waals surface area contributed by atoms with Crippen molar-refractivity contribution in [3.8, 4) is 17.3 Å². The van der Waals surface area contributed by atoms with Crippen molar-refractivity contribution in [1.29, 1.82) is 5.26 Å². The molecule has 37 heavy (non-hydrogen) atoms. The normalized spacial score (nSPS) is 17.5. The molecule has 3 heterocycles. The predicted molar refractivity (Wildman–Crippen MR) is 129 cm³/mol. The third kappa shape index (κ3) is 5.00. The molecule has 0 unspecified atom stereocenters. The number of carbonyl (C=O) groups is 1. The molecule has 1 aliphatic carbocycles. The number of aromatic nitrogens is 3. The van der Waals surface area contributed by atoms with E-state index in [4.69, 9.17) is 4.52 Å². The van der Waals surface area contributed by atoms with E-state index in [1.165, 1.54) is 6.20 Å². The Kier molecular flexibility index (Phi) is 6.56. The lowest BCUT2D eigenvalue weighted by molar-refractivity contribution is 0.0883. The number of H-pyrrole nitrogens is 1. The Hall–Kier alpha value is -4.33. The van der Waals surface area contributed by atoms with Crippen LogP contribution in [0, 0.1) is 41.6 Å². The van der Waals surface area contributed by atoms with E-state index in [2.05, 4.69) is 25.8 Å². The van der Waals surface area contributed by atoms with E-state index in [0.717, 1.165) is 37.5 Å². The van der Waals surface area contributed by atoms with Crippen molar-refractivity contribution in [2.24, 2.45) is 5.92 Å². The molecule has 0 saturated heterocycles. The van der Waals surface area contributed by atoms with Crippen LogP contribution in [0.5, 0.6) is 0 Å². The van der Waals surface area contributed by atoms with Crippen LogP contribution in [0.2, 0.25) is 0 Å². The molecule has 0 aliphatic heterocycles. The summed E-state index contributed by atoms with van der Waals surface area (Å²) >= 11 is 0. The second-order valence-corrected chi connectivity index (χ2v) is 9.26. The second-order valence-electron chi connectivity index (χ2n) is 9.26. The summed E-state index contributed by atoms with van der Waals surface area (Å²) in [7, 11) is 0. The number of aromatic amines is 1. The lowest BCUT2D eigenvalue weighted by atomic mass is 9.85. The van der Waals surface area contributed by atoms with Gasteiger partial charge < -0.3 is 20.1 Å². The number of benzene rings is 1. The molecule has 0 spiro atoms. The van der Waals surface area contributed by atoms with Gasteiger partial charge >= 0.3 is 0 Å². The summed E-state index contributed by atoms with van der Waals surface area (Å²) in [5.74, 6) is -2.37. The van der Waals surface area contributed by atoms with Crippen molar-refractivity contribution in [2.45, 2.75) is 38.6 Å². The van der Waals surface area contributed by atoms with Gasteiger partial charge in [0.15, 0.2) is 11.6 Å². The highest BCUT2D eigenvalue weighted by atomic mass is 19.1. The van der Waals surface area contributed by atoms with Crippen molar-refractivity contribution < 1.29 is 22.5 Å². The van der Waals surface area contributed by atoms with Crippen LogP contribution in [-0.4, -0.2) is 33.6 Å². The number of aryl methyl sites for hydroxylation is 1. The number of rotatable bonds is 6. The maximum Gasteiger partial charge on any atom is 0.290 e. The minimum Gasteiger partial charge on any atom is -0.367 e. The summed E-state index contributed by atoms with van der Waals surface area (Å²) in [5, 5.41) is 19.5. The Labute approximate surface area is 209 Å². The number of fused-ring (bicyclic) bond motifs is 1. The first-order chi connectivity index (χ1) is 17.8. The van der Waals surface area contributed by atoms with Crippen LogP contribution < -0.4 is 10.6 Å². The molecule has 8 nitrogen and oxygen atoms in total. The number of nitrogens with zero attached hydrogens (tertiary/aromatic N) is 3. The maximum atomic E-state index is 14.8. The van der Waals surface area contributed by atoms with Crippen molar-refractivity contribution in [3.63, 3.8) is 0 Å². The van der Waals surface area contributed by atoms with E-state index in [9.17, 15) is 23.2 Å². The number of hydrogen-bond donors (Lipinski definition) is 3. The SMILES string of the molecule is Cc1cc(C(=O)N[C@@H]2CCC[C@@H](CNc3nc(-c4c[nH]c5c(F)cc(F)cc45)c(C#N)cc3F)C2)on1. The van der Waals surface area contributed by atoms with Gasteiger partial charge in [-0.2, -0.15) is 5.26 Å². The van der Waals surface area contributed by atoms with Crippen LogP contribution >= 0.6 is 0 Å². The molecule has 3 N–H and O–H groups in total. The molecule has 0 radical (unpaired) electrons. The molecule has 3 aromatic heterocycles. The third-order valence-electron chi connectivity index (χ3n) is 6.59. The van der Waals surface area contributed by atoms with E-state index in [0.29, 0.717) is 18.7 Å². The predicted octanol–water partition coefficient (Wildman–Crippen LogP) is 5.22. The summed E-state index contributed by atoms with van der Waals surface area (Å²) in [5.41, 5.74) is 1.03. The van der Waals surface area contributed by atoms with Gasteiger partial charge in [0.1, 0.15) is 17.7 Å². The fraction of sp³-hybridized carbons (Fsp3) is 0.308. The van der Waals surface area contributed by atoms with Crippen molar-refractivity contribution in [3.05, 3.63) is 64.9 Å². The first-order valence-corrected chi connectivity index (χ1v) is 11.9. The van der Waals surface area contributed by atoms with Crippen LogP contribution in [0.3, 0.4) is 0 Å². The average Bonchev–Trinajstić information content (AvgIpc) is 3.50. The zero-order chi connectivity index (χ0) is 26.1. The van der Waals surface area contributed by atoms with E-state index in [1.54, 1.807) is 13.0 Å². The first kappa shape index (κ1) is 24.4. The average molecular weight is 509 g/mol. The molecular formula is C26H23F3N6O2. The van der Waals surface area contributed by atoms with Gasteiger partial charge in [-0.15, -0.1) is 0 Å². The molecule has 0 bridgehead atoms. The van der Waals surface area contributed by atoms with Gasteiger partial charge in [0.25, 0.3) is 5.91 Å². The zero-order valence-corrected chi connectivity index (χ0v) is 19.9. The second kappa shape index (κ2) is 9.97. The molecular weight excluding hydrogens is 485 g/mol. The molecule has 1 aromatic carbocycles. The molecule has 1 saturated carbocycles. The first-order valence-electron chi connectivity index (χ1n) is 11.9. The summed E-state index contributed by atoms with van der Waals surface area (Å²) in [6.07, 6.45) is 4.68. The number of nitriles is 1. The van der Waals surface area contributed by atoms with Crippen LogP contribution in [0.25, 0.3) is 22.2 Å². The fourth-order valence-corrected chi connectivity index (χ4v) is 4.83. The number of anilines is 1. The Morgan fingerprint density at radius 3 is 2.81 bits per heavy atom. The maximum absolute atomic E-state index is 14.8. The fourth-order valence-electron chi connectivity index (χ4n) is 4.83. The smallest absolute Gasteiger partial charge is 0.290 e. The monoisotopic (exact) mass is 508 g/mol. The van der Waals surface area contributed by atoms with Crippen LogP contribution in [-0.2, 0) is 0 Å². The van der Waals surface area contributed by atoms with Crippen LogP contribution in [0.15, 0.2) is 35.0 Å². The summed E-state index contributed by atoms with van der Waals surface area (Å²) in [6, 6.07) is 6.37. The summed E-state index contributed by atoms with van der Waals surface area (Å²) in [6.45, 7) is 2.12. The molecule has 2 atom stereocenters. The van der Waals surface area contributed by atoms with Crippen LogP contribution in [0.1, 0.15) is 47.5 Å². The molecule has 1 fully saturated rings. The minimum atomic E-state index is -0.780. The van der Waals surface area contributed by atoms with Gasteiger partial charge in [-0.3, -0.25) is 4.79 Å². The quantitative estimate of drug-likeness (QED) is 0.329. The Balaban J connectivity index is 1.32. The lowest BCUT2D eigenvalue weighted by Gasteiger charge is -2.29. The molecule has 1 aliphatic rings. The highest BCUT2D eigenvalue weighted by Crippen LogP contribution is 2.33. The van der Waals surface area contributed by atoms with Gasteiger partial charge in [0.05, 0.1) is 22.5 Å². The molecule has 5 rings (SSSR count). The number of pyridine rings is 1. The molecule has 11 heteroatoms. The van der Waals surface area contributed by atoms with Gasteiger partial charge in [0, 0.05) is 41.9 Å². The third-order valence-corrected chi connectivity index (χ3v) is 6.59. The minimum absolute atomic E-state index is 0.0586. The highest BCUT2D eigenvalue weighted by molar-refractivity contribution is 5.96.